The van der Waals surface area contributed by atoms with E-state index in [1.54, 1.807) is 98.1 Å². The first-order chi connectivity index (χ1) is 21.4. The van der Waals surface area contributed by atoms with Crippen molar-refractivity contribution in [3.63, 3.8) is 0 Å². The van der Waals surface area contributed by atoms with Crippen LogP contribution in [-0.2, 0) is 4.79 Å². The number of amides is 4. The first-order valence-corrected chi connectivity index (χ1v) is 14.7. The van der Waals surface area contributed by atoms with Gasteiger partial charge in [-0.25, -0.2) is 0 Å². The van der Waals surface area contributed by atoms with Gasteiger partial charge in [-0.15, -0.1) is 11.8 Å². The molecule has 44 heavy (non-hydrogen) atoms. The topological polar surface area (TPSA) is 114 Å². The van der Waals surface area contributed by atoms with Gasteiger partial charge in [-0.05, 0) is 60.7 Å². The van der Waals surface area contributed by atoms with Gasteiger partial charge in [0, 0.05) is 40.1 Å². The summed E-state index contributed by atoms with van der Waals surface area (Å²) in [7, 11) is 3.05. The molecule has 0 saturated carbocycles. The van der Waals surface area contributed by atoms with E-state index >= 15 is 0 Å². The maximum atomic E-state index is 13.5. The maximum Gasteiger partial charge on any atom is 0.272 e. The quantitative estimate of drug-likeness (QED) is 0.131. The number of ether oxygens (including phenoxy) is 2. The molecule has 4 aromatic carbocycles. The Labute approximate surface area is 258 Å². The van der Waals surface area contributed by atoms with Gasteiger partial charge in [-0.1, -0.05) is 36.4 Å². The Bertz CT molecular complexity index is 1720. The largest absolute Gasteiger partial charge is 0.497 e. The molecule has 0 aromatic heterocycles. The molecule has 0 saturated heterocycles. The SMILES string of the molecule is COc1ccc(/C=C(/NC(=O)c2ccccc2)C(=O)Nc2cccc(SCCN3C(=O)c4ccccc4C3=O)c2)c(OC)c1. The average Bonchev–Trinajstić information content (AvgIpc) is 3.30. The van der Waals surface area contributed by atoms with E-state index in [9.17, 15) is 19.2 Å². The van der Waals surface area contributed by atoms with Crippen LogP contribution in [0.15, 0.2) is 108 Å². The van der Waals surface area contributed by atoms with Crippen molar-refractivity contribution in [3.8, 4) is 11.5 Å². The van der Waals surface area contributed by atoms with Gasteiger partial charge in [-0.3, -0.25) is 24.1 Å². The van der Waals surface area contributed by atoms with Crippen LogP contribution in [0.2, 0.25) is 0 Å². The molecule has 4 amide bonds. The van der Waals surface area contributed by atoms with Crippen molar-refractivity contribution in [2.24, 2.45) is 0 Å². The molecule has 1 heterocycles. The number of carbonyl (C=O) groups is 4. The third-order valence-corrected chi connectivity index (χ3v) is 7.80. The van der Waals surface area contributed by atoms with Gasteiger partial charge < -0.3 is 20.1 Å². The number of carbonyl (C=O) groups excluding carboxylic acids is 4. The van der Waals surface area contributed by atoms with E-state index in [0.717, 1.165) is 4.90 Å². The van der Waals surface area contributed by atoms with Crippen LogP contribution >= 0.6 is 11.8 Å². The van der Waals surface area contributed by atoms with Crippen molar-refractivity contribution in [2.45, 2.75) is 4.90 Å². The molecule has 0 radical (unpaired) electrons. The summed E-state index contributed by atoms with van der Waals surface area (Å²) in [6.45, 7) is 0.246. The number of methoxy groups -OCH3 is 2. The molecule has 1 aliphatic rings. The summed E-state index contributed by atoms with van der Waals surface area (Å²) in [6, 6.07) is 27.7. The summed E-state index contributed by atoms with van der Waals surface area (Å²) >= 11 is 1.45. The molecular weight excluding hydrogens is 578 g/mol. The number of hydrogen-bond acceptors (Lipinski definition) is 7. The molecule has 0 unspecified atom stereocenters. The average molecular weight is 608 g/mol. The van der Waals surface area contributed by atoms with Crippen molar-refractivity contribution in [3.05, 3.63) is 125 Å². The highest BCUT2D eigenvalue weighted by molar-refractivity contribution is 7.99. The molecule has 1 aliphatic heterocycles. The standard InChI is InChI=1S/C34H29N3O6S/c1-42-25-16-15-23(30(21-25)43-2)19-29(36-31(38)22-9-4-3-5-10-22)32(39)35-24-11-8-12-26(20-24)44-18-17-37-33(40)27-13-6-7-14-28(27)34(37)41/h3-16,19-21H,17-18H2,1-2H3,(H,35,39)(H,36,38)/b29-19+. The normalized spacial score (nSPS) is 12.5. The highest BCUT2D eigenvalue weighted by Gasteiger charge is 2.34. The Kier molecular flexibility index (Phi) is 9.41. The monoisotopic (exact) mass is 607 g/mol. The van der Waals surface area contributed by atoms with Crippen LogP contribution in [0.5, 0.6) is 11.5 Å². The van der Waals surface area contributed by atoms with Crippen molar-refractivity contribution < 1.29 is 28.7 Å². The fourth-order valence-electron chi connectivity index (χ4n) is 4.59. The van der Waals surface area contributed by atoms with Gasteiger partial charge >= 0.3 is 0 Å². The fourth-order valence-corrected chi connectivity index (χ4v) is 5.49. The Balaban J connectivity index is 1.30. The van der Waals surface area contributed by atoms with Crippen molar-refractivity contribution in [1.82, 2.24) is 10.2 Å². The molecule has 0 bridgehead atoms. The molecule has 4 aromatic rings. The zero-order chi connectivity index (χ0) is 31.1. The number of imide groups is 1. The highest BCUT2D eigenvalue weighted by Crippen LogP contribution is 2.28. The molecule has 5 rings (SSSR count). The van der Waals surface area contributed by atoms with E-state index in [1.807, 2.05) is 6.07 Å². The minimum atomic E-state index is -0.541. The molecule has 222 valence electrons. The van der Waals surface area contributed by atoms with Crippen LogP contribution in [-0.4, -0.2) is 55.0 Å². The fraction of sp³-hybridized carbons (Fsp3) is 0.118. The van der Waals surface area contributed by atoms with Gasteiger partial charge in [0.1, 0.15) is 17.2 Å². The molecule has 0 fully saturated rings. The van der Waals surface area contributed by atoms with Crippen molar-refractivity contribution >= 4 is 47.2 Å². The maximum absolute atomic E-state index is 13.5. The van der Waals surface area contributed by atoms with Crippen LogP contribution in [0.3, 0.4) is 0 Å². The zero-order valence-corrected chi connectivity index (χ0v) is 24.9. The van der Waals surface area contributed by atoms with E-state index in [0.29, 0.717) is 45.2 Å². The molecule has 2 N–H and O–H groups in total. The summed E-state index contributed by atoms with van der Waals surface area (Å²) in [5.74, 6) is -0.0681. The van der Waals surface area contributed by atoms with Gasteiger partial charge in [0.25, 0.3) is 23.6 Å². The number of benzene rings is 4. The minimum Gasteiger partial charge on any atom is -0.497 e. The summed E-state index contributed by atoms with van der Waals surface area (Å²) < 4.78 is 10.8. The molecule has 10 heteroatoms. The molecule has 9 nitrogen and oxygen atoms in total. The van der Waals surface area contributed by atoms with Gasteiger partial charge in [-0.2, -0.15) is 0 Å². The summed E-state index contributed by atoms with van der Waals surface area (Å²) in [4.78, 5) is 54.0. The number of nitrogens with zero attached hydrogens (tertiary/aromatic N) is 1. The first kappa shape index (κ1) is 30.1. The first-order valence-electron chi connectivity index (χ1n) is 13.7. The highest BCUT2D eigenvalue weighted by atomic mass is 32.2. The smallest absolute Gasteiger partial charge is 0.272 e. The number of thioether (sulfide) groups is 1. The lowest BCUT2D eigenvalue weighted by Gasteiger charge is -2.14. The second kappa shape index (κ2) is 13.7. The lowest BCUT2D eigenvalue weighted by molar-refractivity contribution is -0.113. The number of nitrogens with one attached hydrogen (secondary N) is 2. The van der Waals surface area contributed by atoms with Gasteiger partial charge in [0.05, 0.1) is 25.3 Å². The molecule has 0 aliphatic carbocycles. The predicted molar refractivity (Wildman–Crippen MR) is 169 cm³/mol. The van der Waals surface area contributed by atoms with Gasteiger partial charge in [0.2, 0.25) is 0 Å². The Morgan fingerprint density at radius 3 is 2.20 bits per heavy atom. The number of rotatable bonds is 11. The van der Waals surface area contributed by atoms with Crippen LogP contribution in [0.1, 0.15) is 36.6 Å². The van der Waals surface area contributed by atoms with Crippen LogP contribution in [0.4, 0.5) is 5.69 Å². The van der Waals surface area contributed by atoms with E-state index in [1.165, 1.54) is 29.8 Å². The lowest BCUT2D eigenvalue weighted by atomic mass is 10.1. The number of fused-ring (bicyclic) bond motifs is 1. The lowest BCUT2D eigenvalue weighted by Crippen LogP contribution is -2.31. The van der Waals surface area contributed by atoms with Crippen molar-refractivity contribution in [2.75, 3.05) is 31.8 Å². The Hall–Kier alpha value is -5.35. The molecule has 0 spiro atoms. The Morgan fingerprint density at radius 1 is 0.818 bits per heavy atom. The number of hydrogen-bond donors (Lipinski definition) is 2. The zero-order valence-electron chi connectivity index (χ0n) is 24.0. The van der Waals surface area contributed by atoms with E-state index < -0.39 is 11.8 Å². The van der Waals surface area contributed by atoms with E-state index in [-0.39, 0.29) is 24.1 Å². The van der Waals surface area contributed by atoms with E-state index in [4.69, 9.17) is 9.47 Å². The molecular formula is C34H29N3O6S. The number of anilines is 1. The van der Waals surface area contributed by atoms with Crippen LogP contribution in [0, 0.1) is 0 Å². The summed E-state index contributed by atoms with van der Waals surface area (Å²) in [6.07, 6.45) is 1.54. The summed E-state index contributed by atoms with van der Waals surface area (Å²) in [5.41, 5.74) is 2.30. The van der Waals surface area contributed by atoms with Crippen molar-refractivity contribution in [1.29, 1.82) is 0 Å². The Morgan fingerprint density at radius 2 is 1.52 bits per heavy atom. The second-order valence-electron chi connectivity index (χ2n) is 9.62. The third kappa shape index (κ3) is 6.82. The van der Waals surface area contributed by atoms with Crippen LogP contribution < -0.4 is 20.1 Å². The van der Waals surface area contributed by atoms with Gasteiger partial charge in [0.15, 0.2) is 0 Å². The third-order valence-electron chi connectivity index (χ3n) is 6.82. The predicted octanol–water partition coefficient (Wildman–Crippen LogP) is 5.50. The second-order valence-corrected chi connectivity index (χ2v) is 10.8. The summed E-state index contributed by atoms with van der Waals surface area (Å²) in [5, 5.41) is 5.58. The minimum absolute atomic E-state index is 0.00556. The molecule has 0 atom stereocenters. The van der Waals surface area contributed by atoms with E-state index in [2.05, 4.69) is 10.6 Å². The van der Waals surface area contributed by atoms with Crippen LogP contribution in [0.25, 0.3) is 6.08 Å².